The Balaban J connectivity index is 1.73. The Labute approximate surface area is 107 Å². The minimum atomic E-state index is 0.104. The molecule has 0 aromatic carbocycles. The zero-order chi connectivity index (χ0) is 12.5. The van der Waals surface area contributed by atoms with E-state index in [-0.39, 0.29) is 5.91 Å². The maximum Gasteiger partial charge on any atom is 0.272 e. The molecule has 4 nitrogen and oxygen atoms in total. The summed E-state index contributed by atoms with van der Waals surface area (Å²) in [7, 11) is 1.85. The third-order valence-electron chi connectivity index (χ3n) is 3.67. The van der Waals surface area contributed by atoms with Gasteiger partial charge in [0.25, 0.3) is 5.91 Å². The van der Waals surface area contributed by atoms with E-state index in [1.165, 1.54) is 12.8 Å². The summed E-state index contributed by atoms with van der Waals surface area (Å²) in [6, 6.07) is 4.20. The molecule has 2 fully saturated rings. The summed E-state index contributed by atoms with van der Waals surface area (Å²) in [6.07, 6.45) is 6.60. The van der Waals surface area contributed by atoms with Crippen molar-refractivity contribution in [3.63, 3.8) is 0 Å². The Bertz CT molecular complexity index is 435. The normalized spacial score (nSPS) is 18.5. The van der Waals surface area contributed by atoms with Gasteiger partial charge in [-0.15, -0.1) is 0 Å². The first-order valence-corrected chi connectivity index (χ1v) is 6.72. The molecular formula is C14H19N3O. The smallest absolute Gasteiger partial charge is 0.272 e. The van der Waals surface area contributed by atoms with Crippen LogP contribution < -0.4 is 5.32 Å². The maximum atomic E-state index is 12.4. The molecule has 96 valence electrons. The monoisotopic (exact) mass is 245 g/mol. The van der Waals surface area contributed by atoms with E-state index in [2.05, 4.69) is 10.3 Å². The highest BCUT2D eigenvalue weighted by Gasteiger charge is 2.37. The SMILES string of the molecule is CNc1ccc(C(=O)N(CC2CC2)C2CC2)nc1. The summed E-state index contributed by atoms with van der Waals surface area (Å²) in [4.78, 5) is 18.7. The van der Waals surface area contributed by atoms with Crippen molar-refractivity contribution in [2.45, 2.75) is 31.7 Å². The highest BCUT2D eigenvalue weighted by Crippen LogP contribution is 2.35. The van der Waals surface area contributed by atoms with Crippen LogP contribution in [0.5, 0.6) is 0 Å². The average Bonchev–Trinajstić information content (AvgIpc) is 3.28. The summed E-state index contributed by atoms with van der Waals surface area (Å²) < 4.78 is 0. The van der Waals surface area contributed by atoms with Crippen molar-refractivity contribution in [3.05, 3.63) is 24.0 Å². The predicted molar refractivity (Wildman–Crippen MR) is 70.6 cm³/mol. The highest BCUT2D eigenvalue weighted by molar-refractivity contribution is 5.93. The van der Waals surface area contributed by atoms with Crippen molar-refractivity contribution in [1.82, 2.24) is 9.88 Å². The van der Waals surface area contributed by atoms with Crippen LogP contribution >= 0.6 is 0 Å². The van der Waals surface area contributed by atoms with Gasteiger partial charge in [0.15, 0.2) is 0 Å². The molecule has 1 aromatic rings. The van der Waals surface area contributed by atoms with Gasteiger partial charge in [-0.05, 0) is 43.7 Å². The first kappa shape index (κ1) is 11.5. The minimum absolute atomic E-state index is 0.104. The van der Waals surface area contributed by atoms with E-state index in [1.807, 2.05) is 24.1 Å². The zero-order valence-electron chi connectivity index (χ0n) is 10.7. The maximum absolute atomic E-state index is 12.4. The lowest BCUT2D eigenvalue weighted by Gasteiger charge is -2.21. The molecular weight excluding hydrogens is 226 g/mol. The Morgan fingerprint density at radius 1 is 1.39 bits per heavy atom. The number of rotatable bonds is 5. The van der Waals surface area contributed by atoms with Crippen LogP contribution in [0.15, 0.2) is 18.3 Å². The van der Waals surface area contributed by atoms with Crippen LogP contribution in [0.25, 0.3) is 0 Å². The van der Waals surface area contributed by atoms with E-state index in [4.69, 9.17) is 0 Å². The van der Waals surface area contributed by atoms with E-state index in [1.54, 1.807) is 6.20 Å². The van der Waals surface area contributed by atoms with E-state index in [0.29, 0.717) is 11.7 Å². The van der Waals surface area contributed by atoms with Crippen LogP contribution in [0.4, 0.5) is 5.69 Å². The molecule has 18 heavy (non-hydrogen) atoms. The molecule has 1 N–H and O–H groups in total. The number of pyridine rings is 1. The van der Waals surface area contributed by atoms with Crippen LogP contribution in [-0.2, 0) is 0 Å². The fraction of sp³-hybridized carbons (Fsp3) is 0.571. The lowest BCUT2D eigenvalue weighted by Crippen LogP contribution is -2.35. The van der Waals surface area contributed by atoms with Crippen LogP contribution in [0, 0.1) is 5.92 Å². The number of carbonyl (C=O) groups excluding carboxylic acids is 1. The Morgan fingerprint density at radius 2 is 2.17 bits per heavy atom. The molecule has 1 heterocycles. The molecule has 4 heteroatoms. The molecule has 0 atom stereocenters. The lowest BCUT2D eigenvalue weighted by atomic mass is 10.2. The lowest BCUT2D eigenvalue weighted by molar-refractivity contribution is 0.0729. The first-order valence-electron chi connectivity index (χ1n) is 6.72. The van der Waals surface area contributed by atoms with Gasteiger partial charge in [-0.3, -0.25) is 4.79 Å². The van der Waals surface area contributed by atoms with Crippen molar-refractivity contribution in [3.8, 4) is 0 Å². The van der Waals surface area contributed by atoms with Crippen molar-refractivity contribution >= 4 is 11.6 Å². The molecule has 0 spiro atoms. The third-order valence-corrected chi connectivity index (χ3v) is 3.67. The minimum Gasteiger partial charge on any atom is -0.387 e. The fourth-order valence-corrected chi connectivity index (χ4v) is 2.18. The molecule has 1 amide bonds. The Hall–Kier alpha value is -1.58. The van der Waals surface area contributed by atoms with Gasteiger partial charge in [0.05, 0.1) is 11.9 Å². The number of hydrogen-bond donors (Lipinski definition) is 1. The van der Waals surface area contributed by atoms with E-state index in [9.17, 15) is 4.79 Å². The number of hydrogen-bond acceptors (Lipinski definition) is 3. The quantitative estimate of drug-likeness (QED) is 0.864. The largest absolute Gasteiger partial charge is 0.387 e. The van der Waals surface area contributed by atoms with Crippen LogP contribution in [0.1, 0.15) is 36.2 Å². The molecule has 2 aliphatic carbocycles. The third kappa shape index (κ3) is 2.47. The summed E-state index contributed by atoms with van der Waals surface area (Å²) in [5, 5.41) is 3.01. The van der Waals surface area contributed by atoms with E-state index in [0.717, 1.165) is 31.0 Å². The number of anilines is 1. The number of aromatic nitrogens is 1. The highest BCUT2D eigenvalue weighted by atomic mass is 16.2. The molecule has 0 aliphatic heterocycles. The van der Waals surface area contributed by atoms with Gasteiger partial charge in [0, 0.05) is 19.6 Å². The van der Waals surface area contributed by atoms with Crippen molar-refractivity contribution in [2.24, 2.45) is 5.92 Å². The number of nitrogens with one attached hydrogen (secondary N) is 1. The van der Waals surface area contributed by atoms with Gasteiger partial charge in [-0.2, -0.15) is 0 Å². The van der Waals surface area contributed by atoms with Crippen molar-refractivity contribution < 1.29 is 4.79 Å². The Kier molecular flexibility index (Phi) is 2.94. The fourth-order valence-electron chi connectivity index (χ4n) is 2.18. The summed E-state index contributed by atoms with van der Waals surface area (Å²) in [6.45, 7) is 0.930. The second-order valence-electron chi connectivity index (χ2n) is 5.31. The molecule has 0 bridgehead atoms. The number of nitrogens with zero attached hydrogens (tertiary/aromatic N) is 2. The standard InChI is InChI=1S/C14H19N3O/c1-15-11-4-7-13(16-8-11)14(18)17(12-5-6-12)9-10-2-3-10/h4,7-8,10,12,15H,2-3,5-6,9H2,1H3. The predicted octanol–water partition coefficient (Wildman–Crippen LogP) is 2.14. The van der Waals surface area contributed by atoms with Gasteiger partial charge < -0.3 is 10.2 Å². The Morgan fingerprint density at radius 3 is 2.67 bits per heavy atom. The molecule has 2 aliphatic rings. The van der Waals surface area contributed by atoms with Crippen LogP contribution in [0.2, 0.25) is 0 Å². The van der Waals surface area contributed by atoms with Gasteiger partial charge in [0.2, 0.25) is 0 Å². The average molecular weight is 245 g/mol. The zero-order valence-corrected chi connectivity index (χ0v) is 10.7. The molecule has 2 saturated carbocycles. The van der Waals surface area contributed by atoms with Crippen molar-refractivity contribution in [2.75, 3.05) is 18.9 Å². The molecule has 1 aromatic heterocycles. The molecule has 0 radical (unpaired) electrons. The van der Waals surface area contributed by atoms with E-state index >= 15 is 0 Å². The van der Waals surface area contributed by atoms with Gasteiger partial charge in [-0.1, -0.05) is 0 Å². The van der Waals surface area contributed by atoms with Crippen LogP contribution in [0.3, 0.4) is 0 Å². The van der Waals surface area contributed by atoms with Gasteiger partial charge in [-0.25, -0.2) is 4.98 Å². The molecule has 0 unspecified atom stereocenters. The second kappa shape index (κ2) is 4.59. The van der Waals surface area contributed by atoms with Crippen LogP contribution in [-0.4, -0.2) is 35.4 Å². The summed E-state index contributed by atoms with van der Waals surface area (Å²) in [5.41, 5.74) is 1.51. The number of amides is 1. The molecule has 0 saturated heterocycles. The van der Waals surface area contributed by atoms with Gasteiger partial charge in [0.1, 0.15) is 5.69 Å². The van der Waals surface area contributed by atoms with Crippen molar-refractivity contribution in [1.29, 1.82) is 0 Å². The summed E-state index contributed by atoms with van der Waals surface area (Å²) in [5.74, 6) is 0.846. The number of carbonyl (C=O) groups is 1. The van der Waals surface area contributed by atoms with E-state index < -0.39 is 0 Å². The first-order chi connectivity index (χ1) is 8.78. The topological polar surface area (TPSA) is 45.2 Å². The second-order valence-corrected chi connectivity index (χ2v) is 5.31. The summed E-state index contributed by atoms with van der Waals surface area (Å²) >= 11 is 0. The molecule has 3 rings (SSSR count). The van der Waals surface area contributed by atoms with Gasteiger partial charge >= 0.3 is 0 Å².